The van der Waals surface area contributed by atoms with E-state index in [0.717, 1.165) is 30.4 Å². The Kier molecular flexibility index (Phi) is 5.33. The minimum atomic E-state index is -0.611. The molecule has 1 saturated carbocycles. The maximum absolute atomic E-state index is 12.6. The van der Waals surface area contributed by atoms with Crippen molar-refractivity contribution in [1.82, 2.24) is 0 Å². The maximum atomic E-state index is 12.6. The van der Waals surface area contributed by atoms with Crippen LogP contribution in [-0.4, -0.2) is 18.5 Å². The summed E-state index contributed by atoms with van der Waals surface area (Å²) < 4.78 is 5.31. The smallest absolute Gasteiger partial charge is 0.317 e. The molecule has 1 fully saturated rings. The van der Waals surface area contributed by atoms with E-state index < -0.39 is 5.41 Å². The molecule has 0 radical (unpaired) electrons. The third kappa shape index (κ3) is 3.75. The number of nitrogens with zero attached hydrogens (tertiary/aromatic N) is 1. The van der Waals surface area contributed by atoms with E-state index in [2.05, 4.69) is 11.4 Å². The Balaban J connectivity index is 1.55. The predicted octanol–water partition coefficient (Wildman–Crippen LogP) is 3.36. The largest absolute Gasteiger partial charge is 0.455 e. The number of esters is 1. The van der Waals surface area contributed by atoms with E-state index in [0.29, 0.717) is 12.1 Å². The molecular weight excluding hydrogens is 328 g/mol. The van der Waals surface area contributed by atoms with Crippen LogP contribution in [0.1, 0.15) is 30.4 Å². The second-order valence-corrected chi connectivity index (χ2v) is 6.46. The highest BCUT2D eigenvalue weighted by Gasteiger charge is 2.47. The molecule has 3 rings (SSSR count). The molecule has 0 bridgehead atoms. The fourth-order valence-corrected chi connectivity index (χ4v) is 3.16. The van der Waals surface area contributed by atoms with Crippen molar-refractivity contribution in [2.75, 3.05) is 11.9 Å². The Hall–Kier alpha value is -3.13. The number of ether oxygens (including phenoxy) is 1. The molecule has 26 heavy (non-hydrogen) atoms. The van der Waals surface area contributed by atoms with Gasteiger partial charge < -0.3 is 10.1 Å². The fraction of sp³-hybridized carbons (Fsp3) is 0.286. The Bertz CT molecular complexity index is 819. The predicted molar refractivity (Wildman–Crippen MR) is 97.3 cm³/mol. The molecule has 1 aliphatic carbocycles. The molecule has 0 spiro atoms. The first-order valence-electron chi connectivity index (χ1n) is 8.62. The monoisotopic (exact) mass is 348 g/mol. The molecule has 132 valence electrons. The van der Waals surface area contributed by atoms with Crippen LogP contribution < -0.4 is 5.32 Å². The number of benzene rings is 2. The molecule has 0 aromatic heterocycles. The van der Waals surface area contributed by atoms with Crippen LogP contribution in [-0.2, 0) is 26.2 Å². The first-order chi connectivity index (χ1) is 12.6. The van der Waals surface area contributed by atoms with E-state index >= 15 is 0 Å². The highest BCUT2D eigenvalue weighted by atomic mass is 16.5. The molecule has 0 saturated heterocycles. The zero-order valence-corrected chi connectivity index (χ0v) is 14.4. The van der Waals surface area contributed by atoms with Gasteiger partial charge in [-0.25, -0.2) is 0 Å². The Labute approximate surface area is 152 Å². The lowest BCUT2D eigenvalue weighted by atomic mass is 9.64. The lowest BCUT2D eigenvalue weighted by molar-refractivity contribution is -0.156. The zero-order valence-electron chi connectivity index (χ0n) is 14.4. The van der Waals surface area contributed by atoms with Gasteiger partial charge in [-0.15, -0.1) is 0 Å². The Morgan fingerprint density at radius 1 is 1.08 bits per heavy atom. The van der Waals surface area contributed by atoms with Crippen molar-refractivity contribution in [3.8, 4) is 6.07 Å². The van der Waals surface area contributed by atoms with Gasteiger partial charge in [0, 0.05) is 5.69 Å². The summed E-state index contributed by atoms with van der Waals surface area (Å²) in [6.45, 7) is -0.312. The van der Waals surface area contributed by atoms with E-state index in [-0.39, 0.29) is 18.5 Å². The van der Waals surface area contributed by atoms with E-state index in [1.165, 1.54) is 0 Å². The second kappa shape index (κ2) is 7.83. The molecule has 1 aliphatic rings. The van der Waals surface area contributed by atoms with Crippen LogP contribution in [0.2, 0.25) is 0 Å². The van der Waals surface area contributed by atoms with Gasteiger partial charge in [-0.1, -0.05) is 48.9 Å². The summed E-state index contributed by atoms with van der Waals surface area (Å²) >= 11 is 0. The van der Waals surface area contributed by atoms with Gasteiger partial charge in [0.15, 0.2) is 6.61 Å². The van der Waals surface area contributed by atoms with Crippen LogP contribution in [0, 0.1) is 11.3 Å². The van der Waals surface area contributed by atoms with Crippen molar-refractivity contribution >= 4 is 17.6 Å². The van der Waals surface area contributed by atoms with Crippen molar-refractivity contribution in [2.45, 2.75) is 31.1 Å². The molecular formula is C21H20N2O3. The Morgan fingerprint density at radius 2 is 1.77 bits per heavy atom. The topological polar surface area (TPSA) is 79.2 Å². The minimum absolute atomic E-state index is 0.312. The normalized spacial score (nSPS) is 14.6. The van der Waals surface area contributed by atoms with Crippen LogP contribution in [0.15, 0.2) is 54.6 Å². The van der Waals surface area contributed by atoms with Crippen molar-refractivity contribution in [1.29, 1.82) is 5.26 Å². The number of amides is 1. The molecule has 1 N–H and O–H groups in total. The van der Waals surface area contributed by atoms with E-state index in [1.54, 1.807) is 24.3 Å². The van der Waals surface area contributed by atoms with Gasteiger partial charge in [0.1, 0.15) is 0 Å². The first-order valence-corrected chi connectivity index (χ1v) is 8.62. The highest BCUT2D eigenvalue weighted by molar-refractivity contribution is 5.94. The average molecular weight is 348 g/mol. The average Bonchev–Trinajstić information content (AvgIpc) is 2.62. The van der Waals surface area contributed by atoms with E-state index in [1.807, 2.05) is 30.3 Å². The molecule has 0 heterocycles. The summed E-state index contributed by atoms with van der Waals surface area (Å²) in [6.07, 6.45) is 2.80. The van der Waals surface area contributed by atoms with Crippen molar-refractivity contribution in [3.05, 3.63) is 65.7 Å². The highest BCUT2D eigenvalue weighted by Crippen LogP contribution is 2.44. The van der Waals surface area contributed by atoms with Gasteiger partial charge in [-0.05, 0) is 36.1 Å². The third-order valence-corrected chi connectivity index (χ3v) is 4.78. The van der Waals surface area contributed by atoms with Crippen LogP contribution in [0.25, 0.3) is 0 Å². The van der Waals surface area contributed by atoms with Gasteiger partial charge in [0.2, 0.25) is 0 Å². The summed E-state index contributed by atoms with van der Waals surface area (Å²) in [5.41, 5.74) is 1.83. The third-order valence-electron chi connectivity index (χ3n) is 4.78. The number of nitrogens with one attached hydrogen (secondary N) is 1. The van der Waals surface area contributed by atoms with Crippen LogP contribution in [0.4, 0.5) is 5.69 Å². The van der Waals surface area contributed by atoms with Crippen molar-refractivity contribution in [2.24, 2.45) is 0 Å². The van der Waals surface area contributed by atoms with Gasteiger partial charge >= 0.3 is 5.97 Å². The minimum Gasteiger partial charge on any atom is -0.455 e. The molecule has 0 atom stereocenters. The lowest BCUT2D eigenvalue weighted by Gasteiger charge is -2.39. The van der Waals surface area contributed by atoms with Crippen LogP contribution in [0.5, 0.6) is 0 Å². The maximum Gasteiger partial charge on any atom is 0.317 e. The van der Waals surface area contributed by atoms with E-state index in [9.17, 15) is 9.59 Å². The first kappa shape index (κ1) is 17.7. The Morgan fingerprint density at radius 3 is 2.35 bits per heavy atom. The molecule has 0 unspecified atom stereocenters. The van der Waals surface area contributed by atoms with Gasteiger partial charge in [-0.3, -0.25) is 9.59 Å². The number of anilines is 1. The number of carbonyl (C=O) groups excluding carboxylic acids is 2. The summed E-state index contributed by atoms with van der Waals surface area (Å²) in [4.78, 5) is 24.6. The number of carbonyl (C=O) groups is 2. The zero-order chi connectivity index (χ0) is 18.4. The summed E-state index contributed by atoms with van der Waals surface area (Å²) in [6, 6.07) is 18.7. The molecule has 2 aromatic carbocycles. The number of nitriles is 1. The van der Waals surface area contributed by atoms with Crippen LogP contribution >= 0.6 is 0 Å². The fourth-order valence-electron chi connectivity index (χ4n) is 3.16. The van der Waals surface area contributed by atoms with Crippen molar-refractivity contribution in [3.63, 3.8) is 0 Å². The number of rotatable bonds is 6. The van der Waals surface area contributed by atoms with E-state index in [4.69, 9.17) is 10.00 Å². The van der Waals surface area contributed by atoms with Gasteiger partial charge in [-0.2, -0.15) is 5.26 Å². The molecule has 5 nitrogen and oxygen atoms in total. The summed E-state index contributed by atoms with van der Waals surface area (Å²) in [5.74, 6) is -0.719. The second-order valence-electron chi connectivity index (χ2n) is 6.46. The summed E-state index contributed by atoms with van der Waals surface area (Å²) in [5, 5.41) is 11.4. The summed E-state index contributed by atoms with van der Waals surface area (Å²) in [7, 11) is 0. The number of hydrogen-bond acceptors (Lipinski definition) is 4. The molecule has 2 aromatic rings. The van der Waals surface area contributed by atoms with Crippen molar-refractivity contribution < 1.29 is 14.3 Å². The standard InChI is InChI=1S/C21H20N2O3/c22-14-11-16-7-9-18(10-8-16)23-19(24)15-26-20(25)21(12-4-13-21)17-5-2-1-3-6-17/h1-3,5-10H,4,11-13,15H2,(H,23,24). The molecule has 0 aliphatic heterocycles. The number of hydrogen-bond donors (Lipinski definition) is 1. The van der Waals surface area contributed by atoms with Gasteiger partial charge in [0.25, 0.3) is 5.91 Å². The molecule has 5 heteroatoms. The van der Waals surface area contributed by atoms with Crippen LogP contribution in [0.3, 0.4) is 0 Å². The SMILES string of the molecule is N#CCc1ccc(NC(=O)COC(=O)C2(c3ccccc3)CCC2)cc1. The lowest BCUT2D eigenvalue weighted by Crippen LogP contribution is -2.44. The molecule has 1 amide bonds. The quantitative estimate of drug-likeness (QED) is 0.812. The van der Waals surface area contributed by atoms with Gasteiger partial charge in [0.05, 0.1) is 17.9 Å².